The third kappa shape index (κ3) is 4.35. The Labute approximate surface area is 120 Å². The number of carbonyl (C=O) groups excluding carboxylic acids is 1. The normalized spacial score (nSPS) is 21.1. The Hall–Kier alpha value is -1.33. The van der Waals surface area contributed by atoms with Gasteiger partial charge in [0, 0.05) is 45.1 Å². The summed E-state index contributed by atoms with van der Waals surface area (Å²) in [6.07, 6.45) is 1.32. The molecule has 2 rings (SSSR count). The van der Waals surface area contributed by atoms with Crippen LogP contribution in [0.4, 0.5) is 0 Å². The number of nitrogens with zero attached hydrogens (tertiary/aromatic N) is 2. The van der Waals surface area contributed by atoms with E-state index in [4.69, 9.17) is 4.42 Å². The smallest absolute Gasteiger partial charge is 0.221 e. The van der Waals surface area contributed by atoms with E-state index in [0.717, 1.165) is 37.6 Å². The Morgan fingerprint density at radius 3 is 2.90 bits per heavy atom. The first-order valence-corrected chi connectivity index (χ1v) is 7.25. The third-order valence-corrected chi connectivity index (χ3v) is 3.89. The molecule has 112 valence electrons. The number of carbonyl (C=O) groups is 1. The Morgan fingerprint density at radius 1 is 1.40 bits per heavy atom. The van der Waals surface area contributed by atoms with E-state index < -0.39 is 0 Å². The first-order chi connectivity index (χ1) is 9.54. The Bertz CT molecular complexity index is 444. The van der Waals surface area contributed by atoms with E-state index in [1.165, 1.54) is 0 Å². The van der Waals surface area contributed by atoms with Gasteiger partial charge in [0.05, 0.1) is 0 Å². The lowest BCUT2D eigenvalue weighted by Crippen LogP contribution is -2.51. The Morgan fingerprint density at radius 2 is 2.20 bits per heavy atom. The molecule has 5 nitrogen and oxygen atoms in total. The summed E-state index contributed by atoms with van der Waals surface area (Å²) in [6, 6.07) is 4.23. The Kier molecular flexibility index (Phi) is 5.20. The molecule has 0 bridgehead atoms. The molecule has 0 unspecified atom stereocenters. The maximum atomic E-state index is 12.0. The molecule has 0 aliphatic carbocycles. The summed E-state index contributed by atoms with van der Waals surface area (Å²) in [7, 11) is 4.20. The van der Waals surface area contributed by atoms with Crippen LogP contribution in [0, 0.1) is 6.92 Å². The standard InChI is InChI=1S/C15H25N3O2/c1-12-4-5-14(20-12)6-7-16-15(19)10-13-11-17(2)8-9-18(13)3/h4-5,13H,6-11H2,1-3H3,(H,16,19)/t13-/m0/s1. The molecule has 1 aromatic heterocycles. The van der Waals surface area contributed by atoms with Gasteiger partial charge >= 0.3 is 0 Å². The minimum atomic E-state index is 0.125. The van der Waals surface area contributed by atoms with E-state index in [1.807, 2.05) is 19.1 Å². The van der Waals surface area contributed by atoms with Crippen molar-refractivity contribution in [2.75, 3.05) is 40.3 Å². The second-order valence-corrected chi connectivity index (χ2v) is 5.71. The fourth-order valence-corrected chi connectivity index (χ4v) is 2.55. The number of amides is 1. The number of hydrogen-bond donors (Lipinski definition) is 1. The van der Waals surface area contributed by atoms with Gasteiger partial charge in [0.15, 0.2) is 0 Å². The number of rotatable bonds is 5. The van der Waals surface area contributed by atoms with Crippen LogP contribution in [-0.2, 0) is 11.2 Å². The van der Waals surface area contributed by atoms with E-state index >= 15 is 0 Å². The van der Waals surface area contributed by atoms with Crippen LogP contribution >= 0.6 is 0 Å². The monoisotopic (exact) mass is 279 g/mol. The van der Waals surface area contributed by atoms with Gasteiger partial charge in [-0.3, -0.25) is 4.79 Å². The first kappa shape index (κ1) is 15.1. The zero-order valence-electron chi connectivity index (χ0n) is 12.7. The van der Waals surface area contributed by atoms with E-state index in [2.05, 4.69) is 29.2 Å². The topological polar surface area (TPSA) is 48.7 Å². The van der Waals surface area contributed by atoms with Crippen LogP contribution < -0.4 is 5.32 Å². The molecule has 1 fully saturated rings. The van der Waals surface area contributed by atoms with Crippen molar-refractivity contribution in [1.82, 2.24) is 15.1 Å². The predicted molar refractivity (Wildman–Crippen MR) is 78.7 cm³/mol. The van der Waals surface area contributed by atoms with Gasteiger partial charge < -0.3 is 19.5 Å². The minimum Gasteiger partial charge on any atom is -0.466 e. The molecule has 20 heavy (non-hydrogen) atoms. The molecule has 1 aliphatic rings. The fraction of sp³-hybridized carbons (Fsp3) is 0.667. The average Bonchev–Trinajstić information content (AvgIpc) is 2.80. The lowest BCUT2D eigenvalue weighted by molar-refractivity contribution is -0.122. The van der Waals surface area contributed by atoms with Gasteiger partial charge in [-0.1, -0.05) is 0 Å². The second-order valence-electron chi connectivity index (χ2n) is 5.71. The number of nitrogens with one attached hydrogen (secondary N) is 1. The summed E-state index contributed by atoms with van der Waals surface area (Å²) in [6.45, 7) is 5.63. The van der Waals surface area contributed by atoms with Crippen LogP contribution in [0.15, 0.2) is 16.5 Å². The van der Waals surface area contributed by atoms with Crippen LogP contribution in [0.1, 0.15) is 17.9 Å². The number of piperazine rings is 1. The van der Waals surface area contributed by atoms with Gasteiger partial charge in [-0.25, -0.2) is 0 Å². The molecule has 1 aliphatic heterocycles. The maximum Gasteiger partial charge on any atom is 0.221 e. The van der Waals surface area contributed by atoms with Gasteiger partial charge in [0.25, 0.3) is 0 Å². The molecule has 1 atom stereocenters. The second kappa shape index (κ2) is 6.90. The van der Waals surface area contributed by atoms with Gasteiger partial charge in [-0.05, 0) is 33.2 Å². The van der Waals surface area contributed by atoms with Crippen molar-refractivity contribution in [2.45, 2.75) is 25.8 Å². The lowest BCUT2D eigenvalue weighted by Gasteiger charge is -2.37. The SMILES string of the molecule is Cc1ccc(CCNC(=O)C[C@H]2CN(C)CCN2C)o1. The maximum absolute atomic E-state index is 12.0. The summed E-state index contributed by atoms with van der Waals surface area (Å²) in [4.78, 5) is 16.5. The van der Waals surface area contributed by atoms with Crippen molar-refractivity contribution < 1.29 is 9.21 Å². The van der Waals surface area contributed by atoms with E-state index in [-0.39, 0.29) is 5.91 Å². The molecule has 1 amide bonds. The molecule has 0 aromatic carbocycles. The molecule has 1 aromatic rings. The van der Waals surface area contributed by atoms with Crippen LogP contribution in [0.2, 0.25) is 0 Å². The Balaban J connectivity index is 1.69. The van der Waals surface area contributed by atoms with E-state index in [0.29, 0.717) is 19.0 Å². The molecule has 0 spiro atoms. The fourth-order valence-electron chi connectivity index (χ4n) is 2.55. The zero-order chi connectivity index (χ0) is 14.5. The highest BCUT2D eigenvalue weighted by atomic mass is 16.3. The quantitative estimate of drug-likeness (QED) is 0.869. The van der Waals surface area contributed by atoms with Gasteiger partial charge in [-0.2, -0.15) is 0 Å². The van der Waals surface area contributed by atoms with Crippen molar-refractivity contribution in [3.05, 3.63) is 23.7 Å². The van der Waals surface area contributed by atoms with Crippen LogP contribution in [0.3, 0.4) is 0 Å². The van der Waals surface area contributed by atoms with Crippen LogP contribution in [0.5, 0.6) is 0 Å². The number of furan rings is 1. The predicted octanol–water partition coefficient (Wildman–Crippen LogP) is 0.883. The van der Waals surface area contributed by atoms with Crippen molar-refractivity contribution in [2.24, 2.45) is 0 Å². The summed E-state index contributed by atoms with van der Waals surface area (Å²) in [5.41, 5.74) is 0. The average molecular weight is 279 g/mol. The highest BCUT2D eigenvalue weighted by Crippen LogP contribution is 2.09. The highest BCUT2D eigenvalue weighted by molar-refractivity contribution is 5.76. The largest absolute Gasteiger partial charge is 0.466 e. The van der Waals surface area contributed by atoms with E-state index in [9.17, 15) is 4.79 Å². The first-order valence-electron chi connectivity index (χ1n) is 7.25. The number of likely N-dealkylation sites (N-methyl/N-ethyl adjacent to an activating group) is 2. The lowest BCUT2D eigenvalue weighted by atomic mass is 10.1. The molecule has 5 heteroatoms. The van der Waals surface area contributed by atoms with Crippen molar-refractivity contribution >= 4 is 5.91 Å². The molecular formula is C15H25N3O2. The van der Waals surface area contributed by atoms with E-state index in [1.54, 1.807) is 0 Å². The van der Waals surface area contributed by atoms with Crippen LogP contribution in [-0.4, -0.2) is 62.0 Å². The molecule has 2 heterocycles. The number of hydrogen-bond acceptors (Lipinski definition) is 4. The summed E-state index contributed by atoms with van der Waals surface area (Å²) < 4.78 is 5.48. The molecule has 1 saturated heterocycles. The summed E-state index contributed by atoms with van der Waals surface area (Å²) >= 11 is 0. The third-order valence-electron chi connectivity index (χ3n) is 3.89. The van der Waals surface area contributed by atoms with Gasteiger partial charge in [0.1, 0.15) is 11.5 Å². The van der Waals surface area contributed by atoms with Crippen molar-refractivity contribution in [3.63, 3.8) is 0 Å². The zero-order valence-corrected chi connectivity index (χ0v) is 12.7. The molecule has 1 N–H and O–H groups in total. The molecule has 0 radical (unpaired) electrons. The molecule has 0 saturated carbocycles. The minimum absolute atomic E-state index is 0.125. The highest BCUT2D eigenvalue weighted by Gasteiger charge is 2.24. The number of aryl methyl sites for hydroxylation is 1. The van der Waals surface area contributed by atoms with Gasteiger partial charge in [0.2, 0.25) is 5.91 Å². The summed E-state index contributed by atoms with van der Waals surface area (Å²) in [5.74, 6) is 1.97. The summed E-state index contributed by atoms with van der Waals surface area (Å²) in [5, 5.41) is 2.98. The van der Waals surface area contributed by atoms with Crippen molar-refractivity contribution in [1.29, 1.82) is 0 Å². The van der Waals surface area contributed by atoms with Crippen molar-refractivity contribution in [3.8, 4) is 0 Å². The van der Waals surface area contributed by atoms with Crippen LogP contribution in [0.25, 0.3) is 0 Å². The molecular weight excluding hydrogens is 254 g/mol. The van der Waals surface area contributed by atoms with Gasteiger partial charge in [-0.15, -0.1) is 0 Å².